The molecule has 4 rings (SSSR count). The normalized spacial score (nSPS) is 13.3. The van der Waals surface area contributed by atoms with Crippen molar-refractivity contribution < 1.29 is 14.4 Å². The number of rotatable bonds is 12. The number of hydrazine groups is 1. The number of para-hydroxylation sites is 1. The van der Waals surface area contributed by atoms with E-state index in [2.05, 4.69) is 27.9 Å². The number of hydrogen-bond donors (Lipinski definition) is 2. The van der Waals surface area contributed by atoms with Gasteiger partial charge >= 0.3 is 0 Å². The first-order chi connectivity index (χ1) is 21.8. The molecular formula is C34H30ClN7O3. The van der Waals surface area contributed by atoms with Gasteiger partial charge in [0.25, 0.3) is 5.91 Å². The quantitative estimate of drug-likeness (QED) is 0.199. The van der Waals surface area contributed by atoms with Gasteiger partial charge in [-0.1, -0.05) is 66.2 Å². The Balaban J connectivity index is 1.56. The van der Waals surface area contributed by atoms with Crippen molar-refractivity contribution >= 4 is 58.7 Å². The van der Waals surface area contributed by atoms with Gasteiger partial charge in [0.2, 0.25) is 11.8 Å². The predicted molar refractivity (Wildman–Crippen MR) is 174 cm³/mol. The molecule has 10 nitrogen and oxygen atoms in total. The molecule has 1 aliphatic heterocycles. The van der Waals surface area contributed by atoms with Gasteiger partial charge < -0.3 is 10.2 Å². The molecule has 0 fully saturated rings. The maximum atomic E-state index is 13.5. The monoisotopic (exact) mass is 619 g/mol. The van der Waals surface area contributed by atoms with E-state index in [4.69, 9.17) is 22.1 Å². The lowest BCUT2D eigenvalue weighted by Crippen LogP contribution is -2.47. The Bertz CT molecular complexity index is 1740. The third kappa shape index (κ3) is 8.90. The van der Waals surface area contributed by atoms with Crippen molar-refractivity contribution in [1.29, 1.82) is 10.5 Å². The third-order valence-electron chi connectivity index (χ3n) is 6.71. The van der Waals surface area contributed by atoms with Crippen LogP contribution in [0, 0.1) is 29.6 Å². The van der Waals surface area contributed by atoms with Crippen LogP contribution in [-0.4, -0.2) is 41.7 Å². The molecule has 0 aromatic heterocycles. The van der Waals surface area contributed by atoms with Gasteiger partial charge in [0.05, 0.1) is 35.7 Å². The molecule has 3 aromatic carbocycles. The van der Waals surface area contributed by atoms with Crippen LogP contribution in [0.4, 0.5) is 11.4 Å². The fraction of sp³-hybridized carbons (Fsp3) is 0.176. The summed E-state index contributed by atoms with van der Waals surface area (Å²) in [4.78, 5) is 45.4. The predicted octanol–water partition coefficient (Wildman–Crippen LogP) is 5.64. The number of nitriles is 2. The van der Waals surface area contributed by atoms with Crippen molar-refractivity contribution in [3.63, 3.8) is 0 Å². The van der Waals surface area contributed by atoms with Crippen LogP contribution in [0.3, 0.4) is 0 Å². The van der Waals surface area contributed by atoms with E-state index in [0.29, 0.717) is 36.6 Å². The number of aliphatic imine (C=N–C) groups is 1. The highest BCUT2D eigenvalue weighted by molar-refractivity contribution is 6.33. The Morgan fingerprint density at radius 3 is 2.31 bits per heavy atom. The summed E-state index contributed by atoms with van der Waals surface area (Å²) in [7, 11) is 0. The summed E-state index contributed by atoms with van der Waals surface area (Å²) < 4.78 is 0. The van der Waals surface area contributed by atoms with Crippen LogP contribution in [-0.2, 0) is 14.4 Å². The van der Waals surface area contributed by atoms with Crippen molar-refractivity contribution in [2.75, 3.05) is 23.3 Å². The minimum atomic E-state index is -0.717. The van der Waals surface area contributed by atoms with Crippen LogP contribution in [0.5, 0.6) is 0 Å². The first-order valence-electron chi connectivity index (χ1n) is 14.1. The summed E-state index contributed by atoms with van der Waals surface area (Å²) >= 11 is 6.10. The Morgan fingerprint density at radius 2 is 1.64 bits per heavy atom. The lowest BCUT2D eigenvalue weighted by Gasteiger charge is -2.23. The molecule has 45 heavy (non-hydrogen) atoms. The number of halogens is 1. The van der Waals surface area contributed by atoms with E-state index < -0.39 is 24.1 Å². The third-order valence-corrected chi connectivity index (χ3v) is 7.04. The molecule has 0 saturated carbocycles. The van der Waals surface area contributed by atoms with Gasteiger partial charge in [0, 0.05) is 18.8 Å². The fourth-order valence-corrected chi connectivity index (χ4v) is 4.64. The number of hydrogen-bond acceptors (Lipinski definition) is 7. The number of amides is 3. The van der Waals surface area contributed by atoms with Crippen LogP contribution in [0.2, 0.25) is 5.02 Å². The van der Waals surface area contributed by atoms with E-state index >= 15 is 0 Å². The number of amidine groups is 1. The molecule has 226 valence electrons. The highest BCUT2D eigenvalue weighted by Crippen LogP contribution is 2.25. The zero-order valence-electron chi connectivity index (χ0n) is 24.5. The molecule has 2 N–H and O–H groups in total. The molecule has 0 saturated heterocycles. The minimum Gasteiger partial charge on any atom is -0.369 e. The molecule has 11 heteroatoms. The number of carbonyl (C=O) groups excluding carboxylic acids is 3. The van der Waals surface area contributed by atoms with Crippen LogP contribution < -0.4 is 15.6 Å². The Hall–Kier alpha value is -5.71. The van der Waals surface area contributed by atoms with E-state index in [1.165, 1.54) is 0 Å². The van der Waals surface area contributed by atoms with Crippen molar-refractivity contribution in [1.82, 2.24) is 10.4 Å². The van der Waals surface area contributed by atoms with Crippen LogP contribution in [0.15, 0.2) is 89.6 Å². The van der Waals surface area contributed by atoms with Crippen molar-refractivity contribution in [3.05, 3.63) is 106 Å². The summed E-state index contributed by atoms with van der Waals surface area (Å²) in [6, 6.07) is 26.0. The van der Waals surface area contributed by atoms with Gasteiger partial charge in [-0.05, 0) is 60.0 Å². The van der Waals surface area contributed by atoms with Crippen LogP contribution >= 0.6 is 11.6 Å². The van der Waals surface area contributed by atoms with Crippen LogP contribution in [0.25, 0.3) is 12.2 Å². The second-order valence-corrected chi connectivity index (χ2v) is 10.4. The Morgan fingerprint density at radius 1 is 0.956 bits per heavy atom. The van der Waals surface area contributed by atoms with Crippen molar-refractivity contribution in [2.24, 2.45) is 4.99 Å². The molecule has 0 aliphatic carbocycles. The number of anilines is 2. The molecule has 0 atom stereocenters. The number of carbonyl (C=O) groups is 3. The Labute approximate surface area is 266 Å². The standard InChI is InChI=1S/C34H30ClN7O3/c1-24-21-27(41(19-7-17-36)20-8-18-37)15-14-26(24)22-30-34(45)42(31(38-30)16-13-25-9-3-2-4-10-25)40-33(44)23-32(43)39-29-12-6-5-11-28(29)35/h2-6,9-16,21-22H,7-8,19-20,23H2,1H3,(H,39,43)(H,40,44)/b16-13-,30-22+. The number of aryl methyl sites for hydroxylation is 1. The molecule has 1 heterocycles. The molecular weight excluding hydrogens is 590 g/mol. The smallest absolute Gasteiger partial charge is 0.297 e. The number of nitrogens with zero attached hydrogens (tertiary/aromatic N) is 5. The highest BCUT2D eigenvalue weighted by atomic mass is 35.5. The molecule has 0 radical (unpaired) electrons. The van der Waals surface area contributed by atoms with E-state index in [1.807, 2.05) is 60.4 Å². The summed E-state index contributed by atoms with van der Waals surface area (Å²) in [5.41, 5.74) is 6.26. The first-order valence-corrected chi connectivity index (χ1v) is 14.5. The van der Waals surface area contributed by atoms with E-state index in [1.54, 1.807) is 42.5 Å². The largest absolute Gasteiger partial charge is 0.369 e. The van der Waals surface area contributed by atoms with Crippen molar-refractivity contribution in [3.8, 4) is 12.1 Å². The topological polar surface area (TPSA) is 142 Å². The van der Waals surface area contributed by atoms with Gasteiger partial charge in [-0.2, -0.15) is 15.5 Å². The molecule has 3 aromatic rings. The summed E-state index contributed by atoms with van der Waals surface area (Å²) in [6.45, 7) is 2.87. The first kappa shape index (κ1) is 32.2. The molecule has 0 bridgehead atoms. The van der Waals surface area contributed by atoms with Gasteiger partial charge in [0.15, 0.2) is 5.84 Å². The maximum Gasteiger partial charge on any atom is 0.297 e. The average molecular weight is 620 g/mol. The van der Waals surface area contributed by atoms with Gasteiger partial charge in [-0.25, -0.2) is 4.99 Å². The molecule has 3 amide bonds. The lowest BCUT2D eigenvalue weighted by atomic mass is 10.1. The van der Waals surface area contributed by atoms with Gasteiger partial charge in [0.1, 0.15) is 12.1 Å². The van der Waals surface area contributed by atoms with Crippen molar-refractivity contribution in [2.45, 2.75) is 26.2 Å². The maximum absolute atomic E-state index is 13.5. The van der Waals surface area contributed by atoms with E-state index in [0.717, 1.165) is 27.4 Å². The second-order valence-electron chi connectivity index (χ2n) is 9.97. The lowest BCUT2D eigenvalue weighted by molar-refractivity contribution is -0.135. The second kappa shape index (κ2) is 15.7. The SMILES string of the molecule is Cc1cc(N(CCC#N)CCC#N)ccc1/C=C1N=C(/C=C\c2ccccc2)N(NC(=O)CC(=O)Nc2ccccc2Cl)C/1=O. The van der Waals surface area contributed by atoms with Gasteiger partial charge in [-0.3, -0.25) is 19.8 Å². The molecule has 1 aliphatic rings. The van der Waals surface area contributed by atoms with E-state index in [9.17, 15) is 14.4 Å². The average Bonchev–Trinajstić information content (AvgIpc) is 3.31. The van der Waals surface area contributed by atoms with Crippen LogP contribution in [0.1, 0.15) is 36.0 Å². The highest BCUT2D eigenvalue weighted by Gasteiger charge is 2.31. The minimum absolute atomic E-state index is 0.0881. The fourth-order valence-electron chi connectivity index (χ4n) is 4.46. The number of nitrogens with one attached hydrogen (secondary N) is 2. The Kier molecular flexibility index (Phi) is 11.2. The molecule has 0 spiro atoms. The summed E-state index contributed by atoms with van der Waals surface area (Å²) in [5, 5.41) is 22.0. The zero-order chi connectivity index (χ0) is 32.2. The van der Waals surface area contributed by atoms with E-state index in [-0.39, 0.29) is 11.5 Å². The van der Waals surface area contributed by atoms with Gasteiger partial charge in [-0.15, -0.1) is 0 Å². The molecule has 0 unspecified atom stereocenters. The number of benzene rings is 3. The summed E-state index contributed by atoms with van der Waals surface area (Å²) in [5.74, 6) is -1.72. The zero-order valence-corrected chi connectivity index (χ0v) is 25.3. The summed E-state index contributed by atoms with van der Waals surface area (Å²) in [6.07, 6.45) is 5.08.